The van der Waals surface area contributed by atoms with Gasteiger partial charge in [-0.05, 0) is 18.2 Å². The highest BCUT2D eigenvalue weighted by atomic mass is 32.2. The number of anilines is 1. The Labute approximate surface area is 135 Å². The van der Waals surface area contributed by atoms with Gasteiger partial charge in [0.15, 0.2) is 5.75 Å². The highest BCUT2D eigenvalue weighted by molar-refractivity contribution is 7.88. The molecule has 7 nitrogen and oxygen atoms in total. The first-order valence-corrected chi connectivity index (χ1v) is 7.21. The third-order valence-electron chi connectivity index (χ3n) is 2.39. The SMILES string of the molecule is COC(=O)c1ccc(OS(=O)(=O)C(F)(F)F)c(NC(=O)C(F)(F)F)c1. The van der Waals surface area contributed by atoms with E-state index in [9.17, 15) is 44.3 Å². The fourth-order valence-electron chi connectivity index (χ4n) is 1.30. The summed E-state index contributed by atoms with van der Waals surface area (Å²) in [7, 11) is -5.33. The molecule has 0 bridgehead atoms. The maximum Gasteiger partial charge on any atom is 0.534 e. The molecule has 0 aromatic heterocycles. The Morgan fingerprint density at radius 3 is 2.08 bits per heavy atom. The number of halogens is 6. The first-order chi connectivity index (χ1) is 11.2. The quantitative estimate of drug-likeness (QED) is 0.363. The molecule has 1 amide bonds. The van der Waals surface area contributed by atoms with Crippen molar-refractivity contribution in [2.75, 3.05) is 12.4 Å². The third kappa shape index (κ3) is 4.98. The van der Waals surface area contributed by atoms with Crippen molar-refractivity contribution < 1.29 is 53.3 Å². The summed E-state index contributed by atoms with van der Waals surface area (Å²) in [4.78, 5) is 22.2. The summed E-state index contributed by atoms with van der Waals surface area (Å²) < 4.78 is 104. The van der Waals surface area contributed by atoms with Crippen LogP contribution in [0, 0.1) is 0 Å². The van der Waals surface area contributed by atoms with Crippen molar-refractivity contribution in [3.05, 3.63) is 23.8 Å². The average molecular weight is 395 g/mol. The minimum atomic E-state index is -6.23. The van der Waals surface area contributed by atoms with Gasteiger partial charge in [-0.2, -0.15) is 34.8 Å². The number of carbonyl (C=O) groups excluding carboxylic acids is 2. The number of hydrogen-bond acceptors (Lipinski definition) is 6. The summed E-state index contributed by atoms with van der Waals surface area (Å²) in [6, 6.07) is 1.62. The summed E-state index contributed by atoms with van der Waals surface area (Å²) in [5.74, 6) is -5.04. The van der Waals surface area contributed by atoms with Crippen LogP contribution in [0.15, 0.2) is 18.2 Å². The van der Waals surface area contributed by atoms with Gasteiger partial charge in [-0.3, -0.25) is 4.79 Å². The van der Waals surface area contributed by atoms with E-state index in [0.29, 0.717) is 12.1 Å². The minimum Gasteiger partial charge on any atom is -0.465 e. The van der Waals surface area contributed by atoms with E-state index in [-0.39, 0.29) is 0 Å². The number of hydrogen-bond donors (Lipinski definition) is 1. The molecule has 0 radical (unpaired) electrons. The number of nitrogens with one attached hydrogen (secondary N) is 1. The molecule has 14 heteroatoms. The van der Waals surface area contributed by atoms with E-state index >= 15 is 0 Å². The van der Waals surface area contributed by atoms with Crippen LogP contribution in [-0.2, 0) is 19.6 Å². The van der Waals surface area contributed by atoms with E-state index in [1.165, 1.54) is 0 Å². The molecule has 1 N–H and O–H groups in total. The minimum absolute atomic E-state index is 0.446. The predicted molar refractivity (Wildman–Crippen MR) is 68.1 cm³/mol. The number of amides is 1. The summed E-state index contributed by atoms with van der Waals surface area (Å²) >= 11 is 0. The van der Waals surface area contributed by atoms with Crippen molar-refractivity contribution in [3.8, 4) is 5.75 Å². The second-order valence-corrected chi connectivity index (χ2v) is 5.68. The Balaban J connectivity index is 3.37. The van der Waals surface area contributed by atoms with Crippen molar-refractivity contribution >= 4 is 27.7 Å². The van der Waals surface area contributed by atoms with Crippen LogP contribution in [0.3, 0.4) is 0 Å². The Bertz CT molecular complexity index is 785. The van der Waals surface area contributed by atoms with Crippen LogP contribution in [-0.4, -0.2) is 39.1 Å². The fourth-order valence-corrected chi connectivity index (χ4v) is 1.78. The Morgan fingerprint density at radius 2 is 1.64 bits per heavy atom. The zero-order chi connectivity index (χ0) is 19.6. The summed E-state index contributed by atoms with van der Waals surface area (Å²) in [6.45, 7) is 0. The van der Waals surface area contributed by atoms with E-state index in [1.807, 2.05) is 0 Å². The zero-order valence-electron chi connectivity index (χ0n) is 11.9. The smallest absolute Gasteiger partial charge is 0.465 e. The van der Waals surface area contributed by atoms with Gasteiger partial charge >= 0.3 is 33.7 Å². The van der Waals surface area contributed by atoms with E-state index in [0.717, 1.165) is 18.5 Å². The number of ether oxygens (including phenoxy) is 1. The van der Waals surface area contributed by atoms with Crippen molar-refractivity contribution in [3.63, 3.8) is 0 Å². The van der Waals surface area contributed by atoms with Crippen LogP contribution < -0.4 is 9.50 Å². The number of benzene rings is 1. The van der Waals surface area contributed by atoms with Crippen LogP contribution in [0.25, 0.3) is 0 Å². The van der Waals surface area contributed by atoms with E-state index in [1.54, 1.807) is 0 Å². The van der Waals surface area contributed by atoms with Crippen LogP contribution in [0.1, 0.15) is 10.4 Å². The van der Waals surface area contributed by atoms with Gasteiger partial charge in [0, 0.05) is 0 Å². The lowest BCUT2D eigenvalue weighted by Gasteiger charge is -2.15. The van der Waals surface area contributed by atoms with Crippen LogP contribution in [0.5, 0.6) is 5.75 Å². The van der Waals surface area contributed by atoms with Gasteiger partial charge in [0.05, 0.1) is 18.4 Å². The summed E-state index contributed by atoms with van der Waals surface area (Å²) in [5, 5.41) is 1.12. The molecule has 140 valence electrons. The lowest BCUT2D eigenvalue weighted by molar-refractivity contribution is -0.167. The molecule has 0 saturated carbocycles. The number of alkyl halides is 6. The largest absolute Gasteiger partial charge is 0.534 e. The first kappa shape index (κ1) is 20.5. The maximum atomic E-state index is 12.3. The van der Waals surface area contributed by atoms with Crippen LogP contribution in [0.4, 0.5) is 32.0 Å². The van der Waals surface area contributed by atoms with Gasteiger partial charge in [-0.1, -0.05) is 0 Å². The molecule has 0 fully saturated rings. The molecule has 0 aliphatic carbocycles. The molecular formula is C11H7F6NO6S. The monoisotopic (exact) mass is 395 g/mol. The van der Waals surface area contributed by atoms with E-state index < -0.39 is 50.7 Å². The zero-order valence-corrected chi connectivity index (χ0v) is 12.7. The molecule has 0 heterocycles. The Hall–Kier alpha value is -2.51. The lowest BCUT2D eigenvalue weighted by Crippen LogP contribution is -2.31. The molecule has 0 unspecified atom stereocenters. The Morgan fingerprint density at radius 1 is 1.08 bits per heavy atom. The number of esters is 1. The molecule has 1 aromatic rings. The van der Waals surface area contributed by atoms with Gasteiger partial charge in [0.1, 0.15) is 0 Å². The first-order valence-electron chi connectivity index (χ1n) is 5.80. The molecule has 25 heavy (non-hydrogen) atoms. The van der Waals surface area contributed by atoms with Crippen molar-refractivity contribution in [1.82, 2.24) is 0 Å². The topological polar surface area (TPSA) is 98.8 Å². The number of methoxy groups -OCH3 is 1. The molecule has 0 atom stereocenters. The van der Waals surface area contributed by atoms with Gasteiger partial charge in [0.25, 0.3) is 0 Å². The van der Waals surface area contributed by atoms with Crippen LogP contribution in [0.2, 0.25) is 0 Å². The van der Waals surface area contributed by atoms with Crippen LogP contribution >= 0.6 is 0 Å². The second-order valence-electron chi connectivity index (χ2n) is 4.14. The highest BCUT2D eigenvalue weighted by Gasteiger charge is 2.49. The van der Waals surface area contributed by atoms with Gasteiger partial charge in [-0.25, -0.2) is 4.79 Å². The van der Waals surface area contributed by atoms with Crippen molar-refractivity contribution in [1.29, 1.82) is 0 Å². The normalized spacial score (nSPS) is 12.4. The van der Waals surface area contributed by atoms with Crippen molar-refractivity contribution in [2.45, 2.75) is 11.7 Å². The number of carbonyl (C=O) groups is 2. The second kappa shape index (κ2) is 6.78. The molecule has 0 aliphatic heterocycles. The molecule has 0 aliphatic rings. The van der Waals surface area contributed by atoms with Crippen molar-refractivity contribution in [2.24, 2.45) is 0 Å². The maximum absolute atomic E-state index is 12.3. The highest BCUT2D eigenvalue weighted by Crippen LogP contribution is 2.33. The number of rotatable bonds is 4. The lowest BCUT2D eigenvalue weighted by atomic mass is 10.2. The third-order valence-corrected chi connectivity index (χ3v) is 3.36. The van der Waals surface area contributed by atoms with E-state index in [2.05, 4.69) is 8.92 Å². The fraction of sp³-hybridized carbons (Fsp3) is 0.273. The summed E-state index contributed by atoms with van der Waals surface area (Å²) in [5.41, 5.74) is -7.51. The average Bonchev–Trinajstić information content (AvgIpc) is 2.45. The Kier molecular flexibility index (Phi) is 5.57. The molecule has 0 saturated heterocycles. The predicted octanol–water partition coefficient (Wildman–Crippen LogP) is 2.20. The molecular weight excluding hydrogens is 388 g/mol. The van der Waals surface area contributed by atoms with E-state index in [4.69, 9.17) is 0 Å². The molecule has 1 aromatic carbocycles. The molecule has 0 spiro atoms. The van der Waals surface area contributed by atoms with Gasteiger partial charge in [0.2, 0.25) is 0 Å². The standard InChI is InChI=1S/C11H7F6NO6S/c1-23-8(19)5-2-3-7(24-25(21,22)11(15,16)17)6(4-5)18-9(20)10(12,13)14/h2-4H,1H3,(H,18,20). The van der Waals surface area contributed by atoms with Gasteiger partial charge in [-0.15, -0.1) is 0 Å². The summed E-state index contributed by atoms with van der Waals surface area (Å²) in [6.07, 6.45) is -5.44. The van der Waals surface area contributed by atoms with Gasteiger partial charge < -0.3 is 14.2 Å². The molecule has 1 rings (SSSR count).